The van der Waals surface area contributed by atoms with Crippen molar-refractivity contribution in [1.82, 2.24) is 5.32 Å². The molecule has 0 radical (unpaired) electrons. The molecule has 1 saturated carbocycles. The summed E-state index contributed by atoms with van der Waals surface area (Å²) in [6, 6.07) is -0.0536. The molecule has 0 aromatic rings. The zero-order chi connectivity index (χ0) is 11.1. The first kappa shape index (κ1) is 10.9. The third kappa shape index (κ3) is 1.78. The van der Waals surface area contributed by atoms with Gasteiger partial charge in [-0.2, -0.15) is 0 Å². The molecule has 1 spiro atoms. The highest BCUT2D eigenvalue weighted by atomic mass is 16.5. The zero-order valence-electron chi connectivity index (χ0n) is 9.93. The summed E-state index contributed by atoms with van der Waals surface area (Å²) in [5.41, 5.74) is 0.571. The van der Waals surface area contributed by atoms with Crippen LogP contribution in [-0.2, 0) is 9.53 Å². The second-order valence-corrected chi connectivity index (χ2v) is 5.89. The molecule has 1 saturated heterocycles. The molecular formula is C12H21NO2. The maximum absolute atomic E-state index is 11.6. The lowest BCUT2D eigenvalue weighted by atomic mass is 9.57. The van der Waals surface area contributed by atoms with Crippen molar-refractivity contribution in [2.75, 3.05) is 13.7 Å². The van der Waals surface area contributed by atoms with Gasteiger partial charge in [-0.25, -0.2) is 0 Å². The first-order valence-electron chi connectivity index (χ1n) is 5.80. The molecule has 0 amide bonds. The molecule has 1 N–H and O–H groups in total. The largest absolute Gasteiger partial charge is 0.468 e. The van der Waals surface area contributed by atoms with Crippen LogP contribution in [-0.4, -0.2) is 25.7 Å². The molecule has 2 atom stereocenters. The molecule has 15 heavy (non-hydrogen) atoms. The van der Waals surface area contributed by atoms with Gasteiger partial charge in [-0.3, -0.25) is 4.79 Å². The van der Waals surface area contributed by atoms with E-state index in [1.165, 1.54) is 26.4 Å². The van der Waals surface area contributed by atoms with Crippen molar-refractivity contribution in [3.05, 3.63) is 0 Å². The fraction of sp³-hybridized carbons (Fsp3) is 0.917. The minimum Gasteiger partial charge on any atom is -0.468 e. The van der Waals surface area contributed by atoms with Gasteiger partial charge in [0, 0.05) is 12.0 Å². The van der Waals surface area contributed by atoms with Gasteiger partial charge < -0.3 is 10.1 Å². The predicted octanol–water partition coefficient (Wildman–Crippen LogP) is 1.72. The highest BCUT2D eigenvalue weighted by Crippen LogP contribution is 2.51. The van der Waals surface area contributed by atoms with Crippen molar-refractivity contribution in [1.29, 1.82) is 0 Å². The van der Waals surface area contributed by atoms with Gasteiger partial charge in [0.2, 0.25) is 0 Å². The summed E-state index contributed by atoms with van der Waals surface area (Å²) in [7, 11) is 1.48. The van der Waals surface area contributed by atoms with E-state index in [0.717, 1.165) is 13.0 Å². The van der Waals surface area contributed by atoms with E-state index in [9.17, 15) is 4.79 Å². The molecule has 0 unspecified atom stereocenters. The van der Waals surface area contributed by atoms with E-state index in [1.54, 1.807) is 0 Å². The van der Waals surface area contributed by atoms with Gasteiger partial charge >= 0.3 is 5.97 Å². The highest BCUT2D eigenvalue weighted by molar-refractivity contribution is 5.78. The standard InChI is InChI=1S/C12H21NO2/c1-11(2)5-4-6-12(7-11)8-13-9(12)10(14)15-3/h9,13H,4-8H2,1-3H3/t9-,12+/m1/s1. The first-order valence-corrected chi connectivity index (χ1v) is 5.80. The highest BCUT2D eigenvalue weighted by Gasteiger charge is 2.54. The molecule has 86 valence electrons. The summed E-state index contributed by atoms with van der Waals surface area (Å²) in [5.74, 6) is -0.0843. The lowest BCUT2D eigenvalue weighted by Crippen LogP contribution is -2.68. The molecule has 3 nitrogen and oxygen atoms in total. The number of esters is 1. The summed E-state index contributed by atoms with van der Waals surface area (Å²) in [5, 5.41) is 3.22. The first-order chi connectivity index (χ1) is 6.99. The number of carbonyl (C=O) groups is 1. The van der Waals surface area contributed by atoms with Gasteiger partial charge in [0.15, 0.2) is 0 Å². The molecule has 1 aliphatic heterocycles. The van der Waals surface area contributed by atoms with Crippen molar-refractivity contribution in [3.8, 4) is 0 Å². The molecule has 0 aromatic heterocycles. The number of ether oxygens (including phenoxy) is 1. The molecule has 1 heterocycles. The molecule has 2 aliphatic rings. The normalized spacial score (nSPS) is 38.5. The van der Waals surface area contributed by atoms with Crippen LogP contribution in [0.15, 0.2) is 0 Å². The van der Waals surface area contributed by atoms with Crippen molar-refractivity contribution in [3.63, 3.8) is 0 Å². The quantitative estimate of drug-likeness (QED) is 0.671. The average Bonchev–Trinajstić information content (AvgIpc) is 2.14. The van der Waals surface area contributed by atoms with Crippen LogP contribution in [0.1, 0.15) is 39.5 Å². The number of methoxy groups -OCH3 is 1. The lowest BCUT2D eigenvalue weighted by molar-refractivity contribution is -0.155. The Bertz CT molecular complexity index is 275. The predicted molar refractivity (Wildman–Crippen MR) is 58.5 cm³/mol. The summed E-state index contributed by atoms with van der Waals surface area (Å²) in [6.07, 6.45) is 4.83. The second kappa shape index (κ2) is 3.48. The van der Waals surface area contributed by atoms with Crippen molar-refractivity contribution in [2.45, 2.75) is 45.6 Å². The van der Waals surface area contributed by atoms with E-state index in [4.69, 9.17) is 4.74 Å². The number of nitrogens with one attached hydrogen (secondary N) is 1. The van der Waals surface area contributed by atoms with Crippen LogP contribution in [0, 0.1) is 10.8 Å². The third-order valence-corrected chi connectivity index (χ3v) is 4.07. The molecule has 2 fully saturated rings. The average molecular weight is 211 g/mol. The SMILES string of the molecule is COC(=O)[C@H]1NC[C@@]12CCCC(C)(C)C2. The van der Waals surface area contributed by atoms with Gasteiger partial charge in [0.25, 0.3) is 0 Å². The molecular weight excluding hydrogens is 190 g/mol. The van der Waals surface area contributed by atoms with Crippen LogP contribution in [0.25, 0.3) is 0 Å². The van der Waals surface area contributed by atoms with E-state index < -0.39 is 0 Å². The minimum absolute atomic E-state index is 0.0536. The van der Waals surface area contributed by atoms with Crippen molar-refractivity contribution >= 4 is 5.97 Å². The minimum atomic E-state index is -0.0843. The van der Waals surface area contributed by atoms with Crippen LogP contribution in [0.3, 0.4) is 0 Å². The van der Waals surface area contributed by atoms with Crippen molar-refractivity contribution < 1.29 is 9.53 Å². The van der Waals surface area contributed by atoms with Crippen LogP contribution >= 0.6 is 0 Å². The molecule has 1 aliphatic carbocycles. The Balaban J connectivity index is 2.10. The third-order valence-electron chi connectivity index (χ3n) is 4.07. The molecule has 0 aromatic carbocycles. The monoisotopic (exact) mass is 211 g/mol. The Hall–Kier alpha value is -0.570. The number of hydrogen-bond acceptors (Lipinski definition) is 3. The Morgan fingerprint density at radius 1 is 1.40 bits per heavy atom. The Morgan fingerprint density at radius 3 is 2.60 bits per heavy atom. The number of hydrogen-bond donors (Lipinski definition) is 1. The Morgan fingerprint density at radius 2 is 2.13 bits per heavy atom. The summed E-state index contributed by atoms with van der Waals surface area (Å²) in [4.78, 5) is 11.6. The number of rotatable bonds is 1. The molecule has 3 heteroatoms. The maximum Gasteiger partial charge on any atom is 0.323 e. The Labute approximate surface area is 91.6 Å². The van der Waals surface area contributed by atoms with Crippen LogP contribution in [0.5, 0.6) is 0 Å². The lowest BCUT2D eigenvalue weighted by Gasteiger charge is -2.55. The van der Waals surface area contributed by atoms with Gasteiger partial charge in [-0.15, -0.1) is 0 Å². The van der Waals surface area contributed by atoms with E-state index in [0.29, 0.717) is 5.41 Å². The van der Waals surface area contributed by atoms with Crippen LogP contribution in [0.4, 0.5) is 0 Å². The maximum atomic E-state index is 11.6. The molecule has 2 rings (SSSR count). The smallest absolute Gasteiger partial charge is 0.323 e. The van der Waals surface area contributed by atoms with E-state index in [1.807, 2.05) is 0 Å². The van der Waals surface area contributed by atoms with Crippen LogP contribution in [0.2, 0.25) is 0 Å². The van der Waals surface area contributed by atoms with Gasteiger partial charge in [0.1, 0.15) is 6.04 Å². The molecule has 0 bridgehead atoms. The number of carbonyl (C=O) groups excluding carboxylic acids is 1. The fourth-order valence-corrected chi connectivity index (χ4v) is 3.39. The van der Waals surface area contributed by atoms with E-state index >= 15 is 0 Å². The van der Waals surface area contributed by atoms with E-state index in [-0.39, 0.29) is 17.4 Å². The van der Waals surface area contributed by atoms with Gasteiger partial charge in [-0.1, -0.05) is 20.3 Å². The van der Waals surface area contributed by atoms with Gasteiger partial charge in [-0.05, 0) is 24.7 Å². The second-order valence-electron chi connectivity index (χ2n) is 5.89. The summed E-state index contributed by atoms with van der Waals surface area (Å²) in [6.45, 7) is 5.59. The van der Waals surface area contributed by atoms with E-state index in [2.05, 4.69) is 19.2 Å². The van der Waals surface area contributed by atoms with Gasteiger partial charge in [0.05, 0.1) is 7.11 Å². The van der Waals surface area contributed by atoms with Crippen LogP contribution < -0.4 is 5.32 Å². The fourth-order valence-electron chi connectivity index (χ4n) is 3.39. The van der Waals surface area contributed by atoms with Crippen molar-refractivity contribution in [2.24, 2.45) is 10.8 Å². The summed E-state index contributed by atoms with van der Waals surface area (Å²) < 4.78 is 4.85. The summed E-state index contributed by atoms with van der Waals surface area (Å²) >= 11 is 0. The zero-order valence-corrected chi connectivity index (χ0v) is 9.93. The Kier molecular flexibility index (Phi) is 2.53. The topological polar surface area (TPSA) is 38.3 Å².